The molecule has 0 spiro atoms. The van der Waals surface area contributed by atoms with Crippen LogP contribution in [0.25, 0.3) is 0 Å². The van der Waals surface area contributed by atoms with Gasteiger partial charge in [0.05, 0.1) is 24.4 Å². The monoisotopic (exact) mass is 493 g/mol. The van der Waals surface area contributed by atoms with Crippen molar-refractivity contribution < 1.29 is 29.3 Å². The lowest BCUT2D eigenvalue weighted by Gasteiger charge is -2.36. The lowest BCUT2D eigenvalue weighted by atomic mass is 10.0. The van der Waals surface area contributed by atoms with E-state index in [1.54, 1.807) is 36.0 Å². The lowest BCUT2D eigenvalue weighted by molar-refractivity contribution is -0.245. The molecule has 0 aromatic heterocycles. The van der Waals surface area contributed by atoms with Gasteiger partial charge in [-0.3, -0.25) is 4.79 Å². The number of aliphatic hydroxyl groups is 1. The van der Waals surface area contributed by atoms with E-state index in [-0.39, 0.29) is 30.3 Å². The Bertz CT molecular complexity index is 1170. The lowest BCUT2D eigenvalue weighted by Crippen LogP contribution is -2.31. The van der Waals surface area contributed by atoms with Crippen molar-refractivity contribution in [2.45, 2.75) is 43.3 Å². The molecular weight excluding hydrogens is 466 g/mol. The summed E-state index contributed by atoms with van der Waals surface area (Å²) in [6, 6.07) is 21.9. The van der Waals surface area contributed by atoms with Crippen molar-refractivity contribution >= 4 is 29.3 Å². The molecule has 7 nitrogen and oxygen atoms in total. The molecule has 3 N–H and O–H groups in total. The van der Waals surface area contributed by atoms with Crippen molar-refractivity contribution in [1.82, 2.24) is 0 Å². The van der Waals surface area contributed by atoms with E-state index in [0.29, 0.717) is 17.9 Å². The maximum atomic E-state index is 11.5. The molecule has 1 amide bonds. The van der Waals surface area contributed by atoms with Gasteiger partial charge in [-0.1, -0.05) is 36.4 Å². The molecule has 182 valence electrons. The number of carbonyl (C=O) groups is 2. The highest BCUT2D eigenvalue weighted by molar-refractivity contribution is 7.99. The van der Waals surface area contributed by atoms with Gasteiger partial charge in [-0.25, -0.2) is 4.79 Å². The van der Waals surface area contributed by atoms with E-state index in [1.165, 1.54) is 6.92 Å². The summed E-state index contributed by atoms with van der Waals surface area (Å²) in [5, 5.41) is 21.3. The topological polar surface area (TPSA) is 105 Å². The Kier molecular flexibility index (Phi) is 8.20. The predicted molar refractivity (Wildman–Crippen MR) is 133 cm³/mol. The third-order valence-electron chi connectivity index (χ3n) is 5.63. The van der Waals surface area contributed by atoms with Gasteiger partial charge in [-0.05, 0) is 47.5 Å². The average Bonchev–Trinajstić information content (AvgIpc) is 2.87. The molecule has 35 heavy (non-hydrogen) atoms. The van der Waals surface area contributed by atoms with E-state index in [9.17, 15) is 14.7 Å². The Morgan fingerprint density at radius 1 is 1.00 bits per heavy atom. The van der Waals surface area contributed by atoms with Gasteiger partial charge in [0.1, 0.15) is 0 Å². The van der Waals surface area contributed by atoms with Gasteiger partial charge in [-0.2, -0.15) is 0 Å². The molecule has 4 rings (SSSR count). The molecule has 0 radical (unpaired) electrons. The van der Waals surface area contributed by atoms with Crippen molar-refractivity contribution in [3.05, 3.63) is 95.1 Å². The fourth-order valence-electron chi connectivity index (χ4n) is 3.87. The summed E-state index contributed by atoms with van der Waals surface area (Å²) in [7, 11) is 0. The first-order chi connectivity index (χ1) is 16.9. The summed E-state index contributed by atoms with van der Waals surface area (Å²) >= 11 is 1.60. The maximum absolute atomic E-state index is 11.5. The number of anilines is 1. The van der Waals surface area contributed by atoms with Crippen LogP contribution >= 0.6 is 11.8 Å². The van der Waals surface area contributed by atoms with Crippen LogP contribution < -0.4 is 5.32 Å². The van der Waals surface area contributed by atoms with Gasteiger partial charge in [0.25, 0.3) is 0 Å². The fraction of sp³-hybridized carbons (Fsp3) is 0.259. The Balaban J connectivity index is 1.53. The van der Waals surface area contributed by atoms with E-state index in [4.69, 9.17) is 14.6 Å². The van der Waals surface area contributed by atoms with Crippen molar-refractivity contribution in [1.29, 1.82) is 0 Å². The second-order valence-corrected chi connectivity index (χ2v) is 9.39. The summed E-state index contributed by atoms with van der Waals surface area (Å²) in [5.74, 6) is -0.450. The van der Waals surface area contributed by atoms with Gasteiger partial charge < -0.3 is 25.0 Å². The molecular formula is C27H27NO6S. The number of rotatable bonds is 8. The minimum atomic E-state index is -0.950. The molecule has 1 heterocycles. The van der Waals surface area contributed by atoms with Gasteiger partial charge in [0.2, 0.25) is 5.91 Å². The number of aromatic carboxylic acids is 1. The zero-order valence-corrected chi connectivity index (χ0v) is 20.0. The third-order valence-corrected chi connectivity index (χ3v) is 6.78. The number of amides is 1. The fourth-order valence-corrected chi connectivity index (χ4v) is 4.79. The number of carboxylic acid groups (broad SMARTS) is 1. The first-order valence-corrected chi connectivity index (χ1v) is 12.2. The van der Waals surface area contributed by atoms with E-state index < -0.39 is 12.3 Å². The van der Waals surface area contributed by atoms with Gasteiger partial charge >= 0.3 is 5.97 Å². The minimum Gasteiger partial charge on any atom is -0.478 e. The number of aliphatic hydroxyl groups excluding tert-OH is 1. The van der Waals surface area contributed by atoms with Crippen LogP contribution in [0, 0.1) is 0 Å². The first-order valence-electron chi connectivity index (χ1n) is 11.3. The number of ether oxygens (including phenoxy) is 2. The Morgan fingerprint density at radius 3 is 2.40 bits per heavy atom. The SMILES string of the molecule is CC(=O)Nc1cccc(C2OC(CSc3ccc(C(=O)O)cc3)CC(c3ccc(CO)cc3)O2)c1. The Morgan fingerprint density at radius 2 is 1.74 bits per heavy atom. The van der Waals surface area contributed by atoms with E-state index in [1.807, 2.05) is 48.5 Å². The highest BCUT2D eigenvalue weighted by Crippen LogP contribution is 2.40. The minimum absolute atomic E-state index is 0.0204. The van der Waals surface area contributed by atoms with Crippen molar-refractivity contribution in [3.8, 4) is 0 Å². The molecule has 3 unspecified atom stereocenters. The Hall–Kier alpha value is -3.17. The molecule has 0 saturated carbocycles. The van der Waals surface area contributed by atoms with Crippen molar-refractivity contribution in [3.63, 3.8) is 0 Å². The van der Waals surface area contributed by atoms with Crippen molar-refractivity contribution in [2.75, 3.05) is 11.1 Å². The van der Waals surface area contributed by atoms with E-state index in [2.05, 4.69) is 5.32 Å². The molecule has 1 aliphatic rings. The number of hydrogen-bond acceptors (Lipinski definition) is 6. The highest BCUT2D eigenvalue weighted by Gasteiger charge is 2.32. The van der Waals surface area contributed by atoms with Crippen LogP contribution in [0.3, 0.4) is 0 Å². The van der Waals surface area contributed by atoms with Crippen LogP contribution in [0.4, 0.5) is 5.69 Å². The largest absolute Gasteiger partial charge is 0.478 e. The van der Waals surface area contributed by atoms with Crippen LogP contribution in [-0.4, -0.2) is 33.9 Å². The summed E-state index contributed by atoms with van der Waals surface area (Å²) in [5.41, 5.74) is 3.54. The standard InChI is InChI=1S/C27H27NO6S/c1-17(30)28-22-4-2-3-21(13-22)27-33-23(16-35-24-11-9-20(10-12-24)26(31)32)14-25(34-27)19-7-5-18(15-29)6-8-19/h2-13,23,25,27,29H,14-16H2,1H3,(H,28,30)(H,31,32). The van der Waals surface area contributed by atoms with Crippen LogP contribution in [0.2, 0.25) is 0 Å². The van der Waals surface area contributed by atoms with Crippen LogP contribution in [0.1, 0.15) is 52.8 Å². The number of thioether (sulfide) groups is 1. The van der Waals surface area contributed by atoms with E-state index in [0.717, 1.165) is 21.6 Å². The number of hydrogen-bond donors (Lipinski definition) is 3. The molecule has 1 aliphatic heterocycles. The molecule has 3 aromatic carbocycles. The second-order valence-electron chi connectivity index (χ2n) is 8.30. The third kappa shape index (κ3) is 6.70. The molecule has 3 aromatic rings. The van der Waals surface area contributed by atoms with Gasteiger partial charge in [-0.15, -0.1) is 11.8 Å². The van der Waals surface area contributed by atoms with E-state index >= 15 is 0 Å². The predicted octanol–water partition coefficient (Wildman–Crippen LogP) is 5.17. The summed E-state index contributed by atoms with van der Waals surface area (Å²) in [4.78, 5) is 23.6. The van der Waals surface area contributed by atoms with Gasteiger partial charge in [0.15, 0.2) is 6.29 Å². The number of benzene rings is 3. The van der Waals surface area contributed by atoms with Gasteiger partial charge in [0, 0.05) is 35.2 Å². The average molecular weight is 494 g/mol. The molecule has 1 saturated heterocycles. The molecule has 0 aliphatic carbocycles. The quantitative estimate of drug-likeness (QED) is 0.372. The highest BCUT2D eigenvalue weighted by atomic mass is 32.2. The number of carboxylic acids is 1. The molecule has 0 bridgehead atoms. The smallest absolute Gasteiger partial charge is 0.335 e. The number of carbonyl (C=O) groups excluding carboxylic acids is 1. The second kappa shape index (κ2) is 11.5. The summed E-state index contributed by atoms with van der Waals surface area (Å²) in [6.07, 6.45) is -0.337. The normalized spacial score (nSPS) is 19.8. The first kappa shape index (κ1) is 24.9. The Labute approximate surface area is 208 Å². The zero-order valence-electron chi connectivity index (χ0n) is 19.2. The molecule has 3 atom stereocenters. The maximum Gasteiger partial charge on any atom is 0.335 e. The van der Waals surface area contributed by atoms with Crippen LogP contribution in [0.15, 0.2) is 77.7 Å². The molecule has 1 fully saturated rings. The van der Waals surface area contributed by atoms with Crippen molar-refractivity contribution in [2.24, 2.45) is 0 Å². The number of nitrogens with one attached hydrogen (secondary N) is 1. The molecule has 8 heteroatoms. The summed E-state index contributed by atoms with van der Waals surface area (Å²) in [6.45, 7) is 1.44. The zero-order chi connectivity index (χ0) is 24.8. The van der Waals surface area contributed by atoms with Crippen LogP contribution in [0.5, 0.6) is 0 Å². The summed E-state index contributed by atoms with van der Waals surface area (Å²) < 4.78 is 12.7. The van der Waals surface area contributed by atoms with Crippen LogP contribution in [-0.2, 0) is 20.9 Å².